The van der Waals surface area contributed by atoms with Crippen molar-refractivity contribution in [2.24, 2.45) is 5.92 Å². The van der Waals surface area contributed by atoms with Crippen LogP contribution in [0.25, 0.3) is 5.57 Å². The second-order valence-electron chi connectivity index (χ2n) is 3.43. The van der Waals surface area contributed by atoms with Crippen LogP contribution in [0, 0.1) is 5.92 Å². The van der Waals surface area contributed by atoms with Gasteiger partial charge >= 0.3 is 0 Å². The van der Waals surface area contributed by atoms with E-state index in [9.17, 15) is 0 Å². The quantitative estimate of drug-likeness (QED) is 0.691. The fourth-order valence-electron chi connectivity index (χ4n) is 1.52. The largest absolute Gasteiger partial charge is 0.399 e. The smallest absolute Gasteiger partial charge is 0.0314 e. The summed E-state index contributed by atoms with van der Waals surface area (Å²) in [6.45, 7) is 2.27. The predicted octanol–water partition coefficient (Wildman–Crippen LogP) is 2.99. The number of benzene rings is 1. The van der Waals surface area contributed by atoms with Crippen LogP contribution in [0.15, 0.2) is 29.7 Å². The van der Waals surface area contributed by atoms with E-state index in [0.717, 1.165) is 5.69 Å². The van der Waals surface area contributed by atoms with Gasteiger partial charge in [-0.2, -0.15) is 0 Å². The molecule has 1 aromatic rings. The Morgan fingerprint density at radius 1 is 1.31 bits per heavy atom. The molecule has 1 unspecified atom stereocenters. The van der Waals surface area contributed by atoms with Gasteiger partial charge in [-0.25, -0.2) is 0 Å². The van der Waals surface area contributed by atoms with Gasteiger partial charge in [0, 0.05) is 11.4 Å². The molecule has 0 bridgehead atoms. The molecule has 0 saturated carbocycles. The highest BCUT2D eigenvalue weighted by Crippen LogP contribution is 2.35. The first-order valence-electron chi connectivity index (χ1n) is 4.45. The minimum absolute atomic E-state index is 0.675. The number of anilines is 1. The van der Waals surface area contributed by atoms with Crippen molar-refractivity contribution in [3.8, 4) is 0 Å². The van der Waals surface area contributed by atoms with Gasteiger partial charge in [-0.05, 0) is 34.6 Å². The van der Waals surface area contributed by atoms with Crippen LogP contribution < -0.4 is 5.73 Å². The third kappa shape index (κ3) is 1.73. The molecule has 0 aromatic heterocycles. The van der Waals surface area contributed by atoms with E-state index >= 15 is 0 Å². The highest BCUT2D eigenvalue weighted by molar-refractivity contribution is 8.02. The summed E-state index contributed by atoms with van der Waals surface area (Å²) in [6.07, 6.45) is 0. The van der Waals surface area contributed by atoms with Crippen LogP contribution in [0.2, 0.25) is 0 Å². The van der Waals surface area contributed by atoms with Crippen LogP contribution in [0.4, 0.5) is 5.69 Å². The molecule has 1 atom stereocenters. The zero-order valence-corrected chi connectivity index (χ0v) is 8.47. The molecule has 13 heavy (non-hydrogen) atoms. The molecule has 2 rings (SSSR count). The molecule has 1 aliphatic rings. The SMILES string of the molecule is CC1CSC=C1c1ccc(N)cc1. The van der Waals surface area contributed by atoms with E-state index in [1.54, 1.807) is 0 Å². The van der Waals surface area contributed by atoms with Crippen LogP contribution in [-0.2, 0) is 0 Å². The fourth-order valence-corrected chi connectivity index (χ4v) is 2.63. The Morgan fingerprint density at radius 2 is 2.00 bits per heavy atom. The molecule has 0 fully saturated rings. The van der Waals surface area contributed by atoms with Crippen LogP contribution in [0.1, 0.15) is 12.5 Å². The summed E-state index contributed by atoms with van der Waals surface area (Å²) < 4.78 is 0. The minimum Gasteiger partial charge on any atom is -0.399 e. The Balaban J connectivity index is 2.30. The number of nitrogens with two attached hydrogens (primary N) is 1. The number of hydrogen-bond donors (Lipinski definition) is 1. The lowest BCUT2D eigenvalue weighted by atomic mass is 9.97. The van der Waals surface area contributed by atoms with E-state index in [-0.39, 0.29) is 0 Å². The first-order valence-corrected chi connectivity index (χ1v) is 5.50. The van der Waals surface area contributed by atoms with Crippen molar-refractivity contribution < 1.29 is 0 Å². The summed E-state index contributed by atoms with van der Waals surface area (Å²) in [5.74, 6) is 1.88. The average molecular weight is 191 g/mol. The van der Waals surface area contributed by atoms with E-state index in [1.165, 1.54) is 16.9 Å². The molecule has 0 amide bonds. The molecule has 0 spiro atoms. The lowest BCUT2D eigenvalue weighted by Crippen LogP contribution is -1.96. The molecule has 1 aromatic carbocycles. The van der Waals surface area contributed by atoms with Gasteiger partial charge in [0.05, 0.1) is 0 Å². The maximum absolute atomic E-state index is 5.64. The zero-order valence-electron chi connectivity index (χ0n) is 7.66. The van der Waals surface area contributed by atoms with E-state index in [2.05, 4.69) is 24.5 Å². The van der Waals surface area contributed by atoms with Gasteiger partial charge < -0.3 is 5.73 Å². The van der Waals surface area contributed by atoms with Crippen molar-refractivity contribution in [1.82, 2.24) is 0 Å². The highest BCUT2D eigenvalue weighted by atomic mass is 32.2. The Bertz CT molecular complexity index is 326. The van der Waals surface area contributed by atoms with Gasteiger partial charge in [-0.3, -0.25) is 0 Å². The van der Waals surface area contributed by atoms with Gasteiger partial charge in [0.2, 0.25) is 0 Å². The third-order valence-corrected chi connectivity index (χ3v) is 3.44. The second kappa shape index (κ2) is 3.46. The van der Waals surface area contributed by atoms with Gasteiger partial charge in [0.25, 0.3) is 0 Å². The summed E-state index contributed by atoms with van der Waals surface area (Å²) in [5, 5.41) is 2.26. The van der Waals surface area contributed by atoms with Crippen molar-refractivity contribution in [3.63, 3.8) is 0 Å². The first-order chi connectivity index (χ1) is 6.27. The summed E-state index contributed by atoms with van der Waals surface area (Å²) >= 11 is 1.90. The molecule has 1 heterocycles. The van der Waals surface area contributed by atoms with Crippen LogP contribution in [0.5, 0.6) is 0 Å². The number of thioether (sulfide) groups is 1. The van der Waals surface area contributed by atoms with Crippen molar-refractivity contribution in [1.29, 1.82) is 0 Å². The molecule has 68 valence electrons. The van der Waals surface area contributed by atoms with E-state index < -0.39 is 0 Å². The maximum Gasteiger partial charge on any atom is 0.0314 e. The molecule has 0 radical (unpaired) electrons. The summed E-state index contributed by atoms with van der Waals surface area (Å²) in [6, 6.07) is 8.13. The summed E-state index contributed by atoms with van der Waals surface area (Å²) in [7, 11) is 0. The number of nitrogen functional groups attached to an aromatic ring is 1. The lowest BCUT2D eigenvalue weighted by Gasteiger charge is -2.08. The summed E-state index contributed by atoms with van der Waals surface area (Å²) in [4.78, 5) is 0. The minimum atomic E-state index is 0.675. The second-order valence-corrected chi connectivity index (χ2v) is 4.33. The first kappa shape index (κ1) is 8.70. The van der Waals surface area contributed by atoms with Gasteiger partial charge in [-0.1, -0.05) is 19.1 Å². The molecule has 1 nitrogen and oxygen atoms in total. The van der Waals surface area contributed by atoms with Crippen molar-refractivity contribution in [2.45, 2.75) is 6.92 Å². The molecule has 2 heteroatoms. The van der Waals surface area contributed by atoms with Crippen LogP contribution in [-0.4, -0.2) is 5.75 Å². The van der Waals surface area contributed by atoms with E-state index in [0.29, 0.717) is 5.92 Å². The molecule has 1 aliphatic heterocycles. The van der Waals surface area contributed by atoms with Crippen LogP contribution >= 0.6 is 11.8 Å². The Morgan fingerprint density at radius 3 is 2.54 bits per heavy atom. The molecule has 2 N–H and O–H groups in total. The van der Waals surface area contributed by atoms with Gasteiger partial charge in [0.1, 0.15) is 0 Å². The van der Waals surface area contributed by atoms with E-state index in [1.807, 2.05) is 23.9 Å². The van der Waals surface area contributed by atoms with Crippen molar-refractivity contribution >= 4 is 23.0 Å². The Hall–Kier alpha value is -0.890. The normalized spacial score (nSPS) is 21.6. The zero-order chi connectivity index (χ0) is 9.26. The number of hydrogen-bond acceptors (Lipinski definition) is 2. The average Bonchev–Trinajstić information content (AvgIpc) is 2.53. The molecular weight excluding hydrogens is 178 g/mol. The fraction of sp³-hybridized carbons (Fsp3) is 0.273. The monoisotopic (exact) mass is 191 g/mol. The standard InChI is InChI=1S/C11H13NS/c1-8-6-13-7-11(8)9-2-4-10(12)5-3-9/h2-5,7-8H,6,12H2,1H3. The number of rotatable bonds is 1. The van der Waals surface area contributed by atoms with Gasteiger partial charge in [-0.15, -0.1) is 11.8 Å². The molecular formula is C11H13NS. The topological polar surface area (TPSA) is 26.0 Å². The van der Waals surface area contributed by atoms with Crippen molar-refractivity contribution in [3.05, 3.63) is 35.2 Å². The maximum atomic E-state index is 5.64. The molecule has 0 saturated heterocycles. The Kier molecular flexibility index (Phi) is 2.32. The molecule has 0 aliphatic carbocycles. The van der Waals surface area contributed by atoms with E-state index in [4.69, 9.17) is 5.73 Å². The third-order valence-electron chi connectivity index (χ3n) is 2.33. The lowest BCUT2D eigenvalue weighted by molar-refractivity contribution is 0.883. The van der Waals surface area contributed by atoms with Crippen molar-refractivity contribution in [2.75, 3.05) is 11.5 Å². The van der Waals surface area contributed by atoms with Crippen LogP contribution in [0.3, 0.4) is 0 Å². The highest BCUT2D eigenvalue weighted by Gasteiger charge is 2.15. The number of allylic oxidation sites excluding steroid dienone is 1. The predicted molar refractivity (Wildman–Crippen MR) is 60.5 cm³/mol. The Labute approximate surface area is 83.0 Å². The summed E-state index contributed by atoms with van der Waals surface area (Å²) in [5.41, 5.74) is 9.23. The van der Waals surface area contributed by atoms with Gasteiger partial charge in [0.15, 0.2) is 0 Å².